The summed E-state index contributed by atoms with van der Waals surface area (Å²) < 4.78 is 31.6. The molecule has 0 atom stereocenters. The van der Waals surface area contributed by atoms with Crippen LogP contribution in [0.25, 0.3) is 0 Å². The molecule has 0 aromatic heterocycles. The molecule has 0 spiro atoms. The third-order valence-corrected chi connectivity index (χ3v) is 1.95. The van der Waals surface area contributed by atoms with Crippen LogP contribution in [0.15, 0.2) is 0 Å². The van der Waals surface area contributed by atoms with E-state index in [1.807, 2.05) is 0 Å². The van der Waals surface area contributed by atoms with Gasteiger partial charge in [-0.3, -0.25) is 0 Å². The maximum Gasteiger partial charge on any atom is 0.389 e. The molecule has 0 aromatic carbocycles. The maximum absolute atomic E-state index is 11.0. The molecule has 0 unspecified atom stereocenters. The lowest BCUT2D eigenvalue weighted by Gasteiger charge is -1.98. The summed E-state index contributed by atoms with van der Waals surface area (Å²) in [6.45, 7) is -4.56. The fraction of sp³-hybridized carbons (Fsp3) is 1.00. The van der Waals surface area contributed by atoms with E-state index in [4.69, 9.17) is 9.79 Å². The van der Waals surface area contributed by atoms with E-state index in [1.165, 1.54) is 0 Å². The normalized spacial score (nSPS) is 12.6. The van der Waals surface area contributed by atoms with Gasteiger partial charge >= 0.3 is 6.80 Å². The fourth-order valence-corrected chi connectivity index (χ4v) is 0.934. The van der Waals surface area contributed by atoms with E-state index in [9.17, 15) is 13.3 Å². The Bertz CT molecular complexity index is 110. The molecule has 7 heteroatoms. The number of hydrogen-bond donors (Lipinski definition) is 2. The molecule has 8 heavy (non-hydrogen) atoms. The monoisotopic (exact) mass is 164 g/mol. The van der Waals surface area contributed by atoms with Gasteiger partial charge in [0.05, 0.1) is 0 Å². The Morgan fingerprint density at radius 3 is 1.88 bits per heavy atom. The number of rotatable bonds is 2. The largest absolute Gasteiger partial charge is 0.389 e. The van der Waals surface area contributed by atoms with Gasteiger partial charge in [0.2, 0.25) is 0 Å². The van der Waals surface area contributed by atoms with Crippen LogP contribution in [-0.2, 0) is 4.57 Å². The van der Waals surface area contributed by atoms with Crippen LogP contribution < -0.4 is 0 Å². The highest BCUT2D eigenvalue weighted by Gasteiger charge is 2.20. The minimum Gasteiger partial charge on any atom is -0.316 e. The van der Waals surface area contributed by atoms with Crippen molar-refractivity contribution in [3.8, 4) is 0 Å². The van der Waals surface area contributed by atoms with Crippen molar-refractivity contribution >= 4 is 18.2 Å². The average Bonchev–Trinajstić information content (AvgIpc) is 1.21. The smallest absolute Gasteiger partial charge is 0.316 e. The first-order chi connectivity index (χ1) is 3.42. The highest BCUT2D eigenvalue weighted by atomic mass is 32.7. The fourth-order valence-electron chi connectivity index (χ4n) is 0.104. The Kier molecular flexibility index (Phi) is 2.90. The second-order valence-electron chi connectivity index (χ2n) is 0.857. The predicted octanol–water partition coefficient (Wildman–Crippen LogP) is 1.03. The summed E-state index contributed by atoms with van der Waals surface area (Å²) in [5, 5.41) is 0. The maximum atomic E-state index is 11.0. The summed E-state index contributed by atoms with van der Waals surface area (Å²) in [7, 11) is 0. The molecule has 3 nitrogen and oxygen atoms in total. The molecule has 0 bridgehead atoms. The highest BCUT2D eigenvalue weighted by Crippen LogP contribution is 2.53. The Morgan fingerprint density at radius 1 is 1.50 bits per heavy atom. The van der Waals surface area contributed by atoms with Gasteiger partial charge in [-0.1, -0.05) is 0 Å². The van der Waals surface area contributed by atoms with Gasteiger partial charge < -0.3 is 9.79 Å². The van der Waals surface area contributed by atoms with Crippen molar-refractivity contribution in [2.75, 3.05) is 0 Å². The Morgan fingerprint density at radius 2 is 1.88 bits per heavy atom. The van der Waals surface area contributed by atoms with Crippen LogP contribution in [0.5, 0.6) is 0 Å². The Balaban J connectivity index is 3.56. The van der Waals surface area contributed by atoms with E-state index >= 15 is 0 Å². The van der Waals surface area contributed by atoms with E-state index in [-0.39, 0.29) is 0 Å². The zero-order chi connectivity index (χ0) is 6.78. The molecule has 0 amide bonds. The topological polar surface area (TPSA) is 57.5 Å². The van der Waals surface area contributed by atoms with Crippen molar-refractivity contribution < 1.29 is 23.1 Å². The summed E-state index contributed by atoms with van der Waals surface area (Å²) in [5.41, 5.74) is 0. The second-order valence-corrected chi connectivity index (χ2v) is 4.46. The van der Waals surface area contributed by atoms with Gasteiger partial charge in [-0.15, -0.1) is 0 Å². The molecule has 0 aliphatic heterocycles. The lowest BCUT2D eigenvalue weighted by molar-refractivity contribution is 0.252. The summed E-state index contributed by atoms with van der Waals surface area (Å²) in [6.07, 6.45) is 0. The van der Waals surface area contributed by atoms with E-state index in [0.717, 1.165) is 0 Å². The minimum absolute atomic E-state index is 0.655. The molecule has 0 aliphatic carbocycles. The molecule has 0 aromatic rings. The lowest BCUT2D eigenvalue weighted by atomic mass is 11.7. The van der Waals surface area contributed by atoms with Gasteiger partial charge in [0.15, 0.2) is 0 Å². The van der Waals surface area contributed by atoms with E-state index in [0.29, 0.717) is 0 Å². The quantitative estimate of drug-likeness (QED) is 0.598. The minimum atomic E-state index is -4.56. The molecule has 0 saturated heterocycles. The standard InChI is InChI=1S/CH3F2O3PS/c2-1(3)8-7(4,5)6/h1H,(H2,4,5,6). The molecule has 0 heterocycles. The van der Waals surface area contributed by atoms with Gasteiger partial charge in [-0.2, -0.15) is 8.78 Å². The van der Waals surface area contributed by atoms with Crippen molar-refractivity contribution in [3.05, 3.63) is 0 Å². The second kappa shape index (κ2) is 2.77. The third kappa shape index (κ3) is 6.36. The predicted molar refractivity (Wildman–Crippen MR) is 25.6 cm³/mol. The summed E-state index contributed by atoms with van der Waals surface area (Å²) in [5.74, 6) is -3.00. The van der Waals surface area contributed by atoms with Gasteiger partial charge in [0.1, 0.15) is 0 Å². The molecular weight excluding hydrogens is 161 g/mol. The molecule has 0 aliphatic rings. The number of hydrogen-bond acceptors (Lipinski definition) is 2. The van der Waals surface area contributed by atoms with Crippen LogP contribution in [0.1, 0.15) is 0 Å². The molecule has 0 rings (SSSR count). The molecule has 2 N–H and O–H groups in total. The van der Waals surface area contributed by atoms with E-state index < -0.39 is 23.9 Å². The SMILES string of the molecule is O=P(O)(O)SC(F)F. The number of alkyl halides is 2. The van der Waals surface area contributed by atoms with Gasteiger partial charge in [-0.05, 0) is 0 Å². The van der Waals surface area contributed by atoms with Crippen LogP contribution in [0.2, 0.25) is 0 Å². The summed E-state index contributed by atoms with van der Waals surface area (Å²) in [4.78, 5) is 15.6. The van der Waals surface area contributed by atoms with Crippen LogP contribution in [0.3, 0.4) is 0 Å². The Labute approximate surface area is 48.0 Å². The van der Waals surface area contributed by atoms with Gasteiger partial charge in [0, 0.05) is 11.4 Å². The first-order valence-electron chi connectivity index (χ1n) is 1.44. The van der Waals surface area contributed by atoms with Crippen molar-refractivity contribution in [1.82, 2.24) is 0 Å². The van der Waals surface area contributed by atoms with Crippen LogP contribution in [-0.4, -0.2) is 15.5 Å². The highest BCUT2D eigenvalue weighted by molar-refractivity contribution is 8.54. The van der Waals surface area contributed by atoms with Crippen LogP contribution in [0.4, 0.5) is 8.78 Å². The Hall–Kier alpha value is 0.360. The van der Waals surface area contributed by atoms with Crippen molar-refractivity contribution in [2.24, 2.45) is 0 Å². The zero-order valence-corrected chi connectivity index (χ0v) is 5.20. The van der Waals surface area contributed by atoms with Crippen molar-refractivity contribution in [1.29, 1.82) is 0 Å². The summed E-state index contributed by atoms with van der Waals surface area (Å²) in [6, 6.07) is 0. The third-order valence-electron chi connectivity index (χ3n) is 0.217. The first kappa shape index (κ1) is 8.36. The van der Waals surface area contributed by atoms with E-state index in [2.05, 4.69) is 0 Å². The van der Waals surface area contributed by atoms with Gasteiger partial charge in [-0.25, -0.2) is 4.57 Å². The molecule has 0 saturated carbocycles. The molecule has 50 valence electrons. The molecule has 0 radical (unpaired) electrons. The average molecular weight is 164 g/mol. The van der Waals surface area contributed by atoms with Crippen molar-refractivity contribution in [2.45, 2.75) is 5.76 Å². The van der Waals surface area contributed by atoms with Crippen LogP contribution >= 0.6 is 18.2 Å². The molecule has 0 fully saturated rings. The number of halogens is 2. The first-order valence-corrected chi connectivity index (χ1v) is 4.53. The van der Waals surface area contributed by atoms with Gasteiger partial charge in [0.25, 0.3) is 5.76 Å². The lowest BCUT2D eigenvalue weighted by Crippen LogP contribution is -1.79. The van der Waals surface area contributed by atoms with Crippen LogP contribution in [0, 0.1) is 0 Å². The molecular formula is CH3F2O3PS. The van der Waals surface area contributed by atoms with Crippen molar-refractivity contribution in [3.63, 3.8) is 0 Å². The zero-order valence-electron chi connectivity index (χ0n) is 3.49. The van der Waals surface area contributed by atoms with E-state index in [1.54, 1.807) is 0 Å². The summed E-state index contributed by atoms with van der Waals surface area (Å²) >= 11 is -0.655.